The predicted octanol–water partition coefficient (Wildman–Crippen LogP) is 5.07. The van der Waals surface area contributed by atoms with E-state index in [1.54, 1.807) is 0 Å². The number of alkyl halides is 7. The van der Waals surface area contributed by atoms with Gasteiger partial charge in [0.05, 0.1) is 16.0 Å². The number of carbonyl (C=O) groups excluding carboxylic acids is 1. The van der Waals surface area contributed by atoms with Gasteiger partial charge in [0.25, 0.3) is 5.91 Å². The lowest BCUT2D eigenvalue weighted by Gasteiger charge is -2.33. The maximum atomic E-state index is 15.4. The number of sulfone groups is 1. The largest absolute Gasteiger partial charge is 0.416 e. The van der Waals surface area contributed by atoms with Crippen LogP contribution < -0.4 is 5.32 Å². The normalized spacial score (nSPS) is 21.8. The van der Waals surface area contributed by atoms with Crippen LogP contribution in [0.15, 0.2) is 41.4 Å². The van der Waals surface area contributed by atoms with Crippen LogP contribution >= 0.6 is 0 Å². The van der Waals surface area contributed by atoms with Gasteiger partial charge in [-0.15, -0.1) is 0 Å². The summed E-state index contributed by atoms with van der Waals surface area (Å²) in [7, 11) is -5.05. The van der Waals surface area contributed by atoms with Crippen LogP contribution in [-0.2, 0) is 22.2 Å². The van der Waals surface area contributed by atoms with E-state index in [0.29, 0.717) is 18.2 Å². The first-order valence-electron chi connectivity index (χ1n) is 9.68. The van der Waals surface area contributed by atoms with Crippen LogP contribution in [0.5, 0.6) is 0 Å². The highest BCUT2D eigenvalue weighted by Crippen LogP contribution is 2.42. The molecule has 1 aliphatic rings. The first kappa shape index (κ1) is 25.8. The Morgan fingerprint density at radius 2 is 1.56 bits per heavy atom. The van der Waals surface area contributed by atoms with Crippen molar-refractivity contribution in [2.24, 2.45) is 0 Å². The highest BCUT2D eigenvalue weighted by Gasteiger charge is 2.48. The lowest BCUT2D eigenvalue weighted by atomic mass is 9.93. The SMILES string of the molecule is O=C(N[C@H]1CC[C@](F)(S(=O)(=O)c2cc(F)cc(C(F)(F)F)c2)CC1)c1cc(C(F)(F)F)ccn1. The lowest BCUT2D eigenvalue weighted by Crippen LogP contribution is -2.45. The van der Waals surface area contributed by atoms with Crippen molar-refractivity contribution >= 4 is 15.7 Å². The van der Waals surface area contributed by atoms with Gasteiger partial charge < -0.3 is 5.32 Å². The molecule has 1 aromatic carbocycles. The Hall–Kier alpha value is -2.77. The molecule has 2 aromatic rings. The van der Waals surface area contributed by atoms with E-state index in [9.17, 15) is 43.9 Å². The molecule has 14 heteroatoms. The standard InChI is InChI=1S/C20H16F8N2O3S/c21-13-7-12(20(26,27)28)8-15(10-13)34(32,33)18(22)4-1-14(2-5-18)30-17(31)16-9-11(3-6-29-16)19(23,24)25/h3,6-10,14H,1-2,4-5H2,(H,30,31)/t14-,18-. The minimum absolute atomic E-state index is 0.0815. The molecule has 1 fully saturated rings. The van der Waals surface area contributed by atoms with Crippen LogP contribution in [0.3, 0.4) is 0 Å². The number of hydrogen-bond donors (Lipinski definition) is 1. The van der Waals surface area contributed by atoms with Crippen LogP contribution in [-0.4, -0.2) is 30.4 Å². The molecule has 1 amide bonds. The fraction of sp³-hybridized carbons (Fsp3) is 0.400. The second kappa shape index (κ2) is 8.78. The summed E-state index contributed by atoms with van der Waals surface area (Å²) in [5.74, 6) is -2.50. The number of carbonyl (C=O) groups is 1. The maximum Gasteiger partial charge on any atom is 0.416 e. The van der Waals surface area contributed by atoms with Crippen LogP contribution in [0.1, 0.15) is 47.3 Å². The summed E-state index contributed by atoms with van der Waals surface area (Å²) in [6.07, 6.45) is -11.1. The molecule has 186 valence electrons. The third-order valence-electron chi connectivity index (χ3n) is 5.38. The number of amides is 1. The Morgan fingerprint density at radius 1 is 0.971 bits per heavy atom. The van der Waals surface area contributed by atoms with Crippen molar-refractivity contribution < 1.29 is 48.3 Å². The van der Waals surface area contributed by atoms with Crippen molar-refractivity contribution in [1.82, 2.24) is 10.3 Å². The van der Waals surface area contributed by atoms with Gasteiger partial charge in [0.15, 0.2) is 0 Å². The van der Waals surface area contributed by atoms with Crippen molar-refractivity contribution in [1.29, 1.82) is 0 Å². The van der Waals surface area contributed by atoms with Crippen molar-refractivity contribution in [2.45, 2.75) is 54.0 Å². The molecule has 0 radical (unpaired) electrons. The van der Waals surface area contributed by atoms with Gasteiger partial charge in [-0.3, -0.25) is 9.78 Å². The summed E-state index contributed by atoms with van der Waals surface area (Å²) in [5.41, 5.74) is -3.26. The van der Waals surface area contributed by atoms with Crippen LogP contribution in [0.2, 0.25) is 0 Å². The van der Waals surface area contributed by atoms with Gasteiger partial charge in [-0.05, 0) is 56.0 Å². The minimum Gasteiger partial charge on any atom is -0.348 e. The lowest BCUT2D eigenvalue weighted by molar-refractivity contribution is -0.138. The third kappa shape index (κ3) is 5.31. The Kier molecular flexibility index (Phi) is 6.68. The number of hydrogen-bond acceptors (Lipinski definition) is 4. The van der Waals surface area contributed by atoms with E-state index in [1.165, 1.54) is 0 Å². The Bertz CT molecular complexity index is 1190. The van der Waals surface area contributed by atoms with Crippen molar-refractivity contribution in [2.75, 3.05) is 0 Å². The molecule has 1 heterocycles. The van der Waals surface area contributed by atoms with E-state index in [2.05, 4.69) is 10.3 Å². The smallest absolute Gasteiger partial charge is 0.348 e. The summed E-state index contributed by atoms with van der Waals surface area (Å²) >= 11 is 0. The summed E-state index contributed by atoms with van der Waals surface area (Å²) < 4.78 is 132. The van der Waals surface area contributed by atoms with Crippen LogP contribution in [0.4, 0.5) is 35.1 Å². The monoisotopic (exact) mass is 516 g/mol. The van der Waals surface area contributed by atoms with Gasteiger partial charge >= 0.3 is 12.4 Å². The Morgan fingerprint density at radius 3 is 2.12 bits per heavy atom. The molecule has 0 spiro atoms. The van der Waals surface area contributed by atoms with Gasteiger partial charge in [-0.1, -0.05) is 0 Å². The molecule has 1 saturated carbocycles. The Balaban J connectivity index is 1.74. The third-order valence-corrected chi connectivity index (χ3v) is 7.61. The van der Waals surface area contributed by atoms with Crippen molar-refractivity contribution in [3.63, 3.8) is 0 Å². The first-order chi connectivity index (χ1) is 15.5. The van der Waals surface area contributed by atoms with E-state index in [-0.39, 0.29) is 25.0 Å². The summed E-state index contributed by atoms with van der Waals surface area (Å²) in [6.45, 7) is 0. The van der Waals surface area contributed by atoms with Gasteiger partial charge in [0.2, 0.25) is 14.8 Å². The predicted molar refractivity (Wildman–Crippen MR) is 101 cm³/mol. The number of nitrogens with zero attached hydrogens (tertiary/aromatic N) is 1. The van der Waals surface area contributed by atoms with Gasteiger partial charge in [0, 0.05) is 12.2 Å². The molecule has 0 unspecified atom stereocenters. The fourth-order valence-corrected chi connectivity index (χ4v) is 5.29. The Labute approximate surface area is 188 Å². The molecule has 34 heavy (non-hydrogen) atoms. The number of halogens is 8. The number of nitrogens with one attached hydrogen (secondary N) is 1. The first-order valence-corrected chi connectivity index (χ1v) is 11.2. The molecule has 0 atom stereocenters. The quantitative estimate of drug-likeness (QED) is 0.576. The molecule has 1 aromatic heterocycles. The van der Waals surface area contributed by atoms with Crippen LogP contribution in [0.25, 0.3) is 0 Å². The molecule has 0 aliphatic heterocycles. The molecule has 0 saturated heterocycles. The van der Waals surface area contributed by atoms with Gasteiger partial charge in [-0.2, -0.15) is 26.3 Å². The number of benzene rings is 1. The van der Waals surface area contributed by atoms with Crippen molar-refractivity contribution in [3.05, 3.63) is 59.2 Å². The molecule has 0 bridgehead atoms. The van der Waals surface area contributed by atoms with Crippen LogP contribution in [0, 0.1) is 5.82 Å². The zero-order valence-corrected chi connectivity index (χ0v) is 17.8. The van der Waals surface area contributed by atoms with Gasteiger partial charge in [0.1, 0.15) is 11.5 Å². The van der Waals surface area contributed by atoms with E-state index in [0.717, 1.165) is 6.20 Å². The van der Waals surface area contributed by atoms with E-state index < -0.39 is 79.5 Å². The topological polar surface area (TPSA) is 76.1 Å². The number of aromatic nitrogens is 1. The summed E-state index contributed by atoms with van der Waals surface area (Å²) in [5, 5.41) is -0.687. The molecular weight excluding hydrogens is 500 g/mol. The zero-order valence-electron chi connectivity index (χ0n) is 17.0. The van der Waals surface area contributed by atoms with Gasteiger partial charge in [-0.25, -0.2) is 17.2 Å². The maximum absolute atomic E-state index is 15.4. The van der Waals surface area contributed by atoms with E-state index in [4.69, 9.17) is 0 Å². The summed E-state index contributed by atoms with van der Waals surface area (Å²) in [4.78, 5) is 14.6. The highest BCUT2D eigenvalue weighted by molar-refractivity contribution is 7.92. The average molecular weight is 516 g/mol. The molecular formula is C20H16F8N2O3S. The average Bonchev–Trinajstić information content (AvgIpc) is 2.73. The van der Waals surface area contributed by atoms with Crippen molar-refractivity contribution in [3.8, 4) is 0 Å². The molecule has 5 nitrogen and oxygen atoms in total. The highest BCUT2D eigenvalue weighted by atomic mass is 32.2. The second-order valence-electron chi connectivity index (χ2n) is 7.74. The van der Waals surface area contributed by atoms with E-state index in [1.807, 2.05) is 0 Å². The second-order valence-corrected chi connectivity index (χ2v) is 9.95. The molecule has 1 aliphatic carbocycles. The minimum atomic E-state index is -5.06. The summed E-state index contributed by atoms with van der Waals surface area (Å²) in [6, 6.07) is 0.867. The molecule has 1 N–H and O–H groups in total. The number of pyridine rings is 1. The number of rotatable bonds is 4. The zero-order chi connectivity index (χ0) is 25.5. The van der Waals surface area contributed by atoms with E-state index >= 15 is 4.39 Å². The molecule has 3 rings (SSSR count). The fourth-order valence-electron chi connectivity index (χ4n) is 3.55.